The predicted molar refractivity (Wildman–Crippen MR) is 148 cm³/mol. The van der Waals surface area contributed by atoms with Crippen molar-refractivity contribution in [3.8, 4) is 22.5 Å². The van der Waals surface area contributed by atoms with E-state index in [4.69, 9.17) is 0 Å². The molecule has 0 bridgehead atoms. The summed E-state index contributed by atoms with van der Waals surface area (Å²) in [4.78, 5) is 37.8. The summed E-state index contributed by atoms with van der Waals surface area (Å²) in [7, 11) is 0. The number of rotatable bonds is 7. The molecular formula is C29H25FN8O2. The number of nitrogens with zero attached hydrogens (tertiary/aromatic N) is 6. The summed E-state index contributed by atoms with van der Waals surface area (Å²) < 4.78 is 14.7. The van der Waals surface area contributed by atoms with Gasteiger partial charge in [0.25, 0.3) is 5.56 Å². The van der Waals surface area contributed by atoms with Crippen molar-refractivity contribution in [2.75, 3.05) is 5.32 Å². The van der Waals surface area contributed by atoms with Gasteiger partial charge in [-0.3, -0.25) is 19.6 Å². The number of ketones is 1. The number of hydrogen-bond acceptors (Lipinski definition) is 9. The van der Waals surface area contributed by atoms with E-state index in [1.807, 2.05) is 32.9 Å². The Balaban J connectivity index is 1.35. The first-order chi connectivity index (χ1) is 19.2. The molecule has 11 heteroatoms. The molecule has 200 valence electrons. The molecule has 0 atom stereocenters. The number of Topliss-reactive ketones (excluding diaryl/α,β-unsaturated/α-hetero) is 1. The minimum atomic E-state index is -0.538. The van der Waals surface area contributed by atoms with Gasteiger partial charge in [0.1, 0.15) is 17.2 Å². The maximum atomic E-state index is 14.7. The molecule has 40 heavy (non-hydrogen) atoms. The SMILES string of the molecule is CC(C)(C)c1cnc(C(=O)Cc2cc(-c3cc(Nc4ccc(-c5ccncc5)nn4)c(=O)[nH]n3)ccc2F)cn1. The lowest BCUT2D eigenvalue weighted by Crippen LogP contribution is -2.16. The summed E-state index contributed by atoms with van der Waals surface area (Å²) in [5, 5.41) is 17.8. The molecule has 0 spiro atoms. The van der Waals surface area contributed by atoms with Crippen LogP contribution in [0.25, 0.3) is 22.5 Å². The number of benzene rings is 1. The van der Waals surface area contributed by atoms with E-state index < -0.39 is 11.4 Å². The lowest BCUT2D eigenvalue weighted by molar-refractivity contribution is 0.0986. The van der Waals surface area contributed by atoms with E-state index in [0.29, 0.717) is 22.8 Å². The first-order valence-electron chi connectivity index (χ1n) is 12.4. The average molecular weight is 537 g/mol. The number of aromatic nitrogens is 7. The first kappa shape index (κ1) is 26.4. The van der Waals surface area contributed by atoms with Crippen molar-refractivity contribution in [3.05, 3.63) is 106 Å². The molecular weight excluding hydrogens is 511 g/mol. The first-order valence-corrected chi connectivity index (χ1v) is 12.4. The molecule has 0 aliphatic rings. The van der Waals surface area contributed by atoms with Crippen LogP contribution >= 0.6 is 0 Å². The van der Waals surface area contributed by atoms with Gasteiger partial charge in [0.15, 0.2) is 11.6 Å². The third-order valence-corrected chi connectivity index (χ3v) is 6.11. The molecule has 0 radical (unpaired) electrons. The van der Waals surface area contributed by atoms with Crippen LogP contribution in [0.4, 0.5) is 15.9 Å². The highest BCUT2D eigenvalue weighted by Crippen LogP contribution is 2.24. The molecule has 4 heterocycles. The summed E-state index contributed by atoms with van der Waals surface area (Å²) in [6, 6.07) is 12.9. The molecule has 0 aliphatic carbocycles. The Morgan fingerprint density at radius 2 is 1.73 bits per heavy atom. The van der Waals surface area contributed by atoms with E-state index >= 15 is 0 Å². The number of hydrogen-bond donors (Lipinski definition) is 2. The molecule has 1 aromatic carbocycles. The number of H-pyrrole nitrogens is 1. The Bertz CT molecular complexity index is 1720. The number of halogens is 1. The summed E-state index contributed by atoms with van der Waals surface area (Å²) in [6.45, 7) is 5.99. The van der Waals surface area contributed by atoms with Gasteiger partial charge in [0.2, 0.25) is 0 Å². The van der Waals surface area contributed by atoms with Crippen molar-refractivity contribution in [3.63, 3.8) is 0 Å². The molecule has 5 rings (SSSR count). The molecule has 0 saturated heterocycles. The second kappa shape index (κ2) is 10.9. The predicted octanol–water partition coefficient (Wildman–Crippen LogP) is 4.68. The van der Waals surface area contributed by atoms with E-state index in [1.54, 1.807) is 30.7 Å². The van der Waals surface area contributed by atoms with Gasteiger partial charge in [-0.2, -0.15) is 5.10 Å². The molecule has 2 N–H and O–H groups in total. The normalized spacial score (nSPS) is 11.3. The maximum absolute atomic E-state index is 14.7. The fourth-order valence-corrected chi connectivity index (χ4v) is 3.85. The van der Waals surface area contributed by atoms with E-state index in [-0.39, 0.29) is 34.6 Å². The zero-order valence-electron chi connectivity index (χ0n) is 22.0. The summed E-state index contributed by atoms with van der Waals surface area (Å²) in [6.07, 6.45) is 6.10. The number of carbonyl (C=O) groups is 1. The van der Waals surface area contributed by atoms with Gasteiger partial charge in [0.05, 0.1) is 23.3 Å². The number of anilines is 2. The van der Waals surface area contributed by atoms with Crippen LogP contribution in [0.15, 0.2) is 78.1 Å². The smallest absolute Gasteiger partial charge is 0.287 e. The lowest BCUT2D eigenvalue weighted by Gasteiger charge is -2.16. The van der Waals surface area contributed by atoms with Crippen molar-refractivity contribution in [1.82, 2.24) is 35.3 Å². The van der Waals surface area contributed by atoms with Gasteiger partial charge in [-0.05, 0) is 54.1 Å². The molecule has 0 saturated carbocycles. The molecule has 0 amide bonds. The summed E-state index contributed by atoms with van der Waals surface area (Å²) in [5.41, 5.74) is 2.96. The largest absolute Gasteiger partial charge is 0.334 e. The number of aromatic amines is 1. The Labute approximate surface area is 228 Å². The van der Waals surface area contributed by atoms with Crippen molar-refractivity contribution in [1.29, 1.82) is 0 Å². The Morgan fingerprint density at radius 3 is 2.40 bits per heavy atom. The van der Waals surface area contributed by atoms with E-state index in [1.165, 1.54) is 30.5 Å². The Hall–Kier alpha value is -5.19. The molecule has 0 unspecified atom stereocenters. The average Bonchev–Trinajstić information content (AvgIpc) is 2.96. The Morgan fingerprint density at radius 1 is 0.925 bits per heavy atom. The number of nitrogens with one attached hydrogen (secondary N) is 2. The standard InChI is InChI=1S/C29H25FN8O2/c1-29(2,3)26-16-32-24(15-33-26)25(39)13-19-12-18(4-5-20(19)30)22-14-23(28(40)38-36-22)34-27-7-6-21(35-37-27)17-8-10-31-11-9-17/h4-12,14-16H,13H2,1-3H3,(H,38,40)(H,34,36,37). The monoisotopic (exact) mass is 536 g/mol. The zero-order chi connectivity index (χ0) is 28.3. The van der Waals surface area contributed by atoms with Crippen LogP contribution in [0.2, 0.25) is 0 Å². The van der Waals surface area contributed by atoms with Crippen molar-refractivity contribution < 1.29 is 9.18 Å². The maximum Gasteiger partial charge on any atom is 0.287 e. The summed E-state index contributed by atoms with van der Waals surface area (Å²) in [5.74, 6) is -0.553. The minimum absolute atomic E-state index is 0.155. The summed E-state index contributed by atoms with van der Waals surface area (Å²) >= 11 is 0. The van der Waals surface area contributed by atoms with Crippen LogP contribution < -0.4 is 10.9 Å². The third-order valence-electron chi connectivity index (χ3n) is 6.11. The second-order valence-electron chi connectivity index (χ2n) is 10.1. The fourth-order valence-electron chi connectivity index (χ4n) is 3.85. The molecule has 4 aromatic heterocycles. The molecule has 10 nitrogen and oxygen atoms in total. The molecule has 0 fully saturated rings. The zero-order valence-corrected chi connectivity index (χ0v) is 22.0. The van der Waals surface area contributed by atoms with Gasteiger partial charge in [0, 0.05) is 41.6 Å². The molecule has 5 aromatic rings. The fraction of sp³-hybridized carbons (Fsp3) is 0.172. The Kier molecular flexibility index (Phi) is 7.19. The quantitative estimate of drug-likeness (QED) is 0.284. The minimum Gasteiger partial charge on any atom is -0.334 e. The van der Waals surface area contributed by atoms with Crippen molar-refractivity contribution >= 4 is 17.3 Å². The van der Waals surface area contributed by atoms with Crippen LogP contribution in [0.5, 0.6) is 0 Å². The van der Waals surface area contributed by atoms with Crippen molar-refractivity contribution in [2.45, 2.75) is 32.6 Å². The number of pyridine rings is 1. The van der Waals surface area contributed by atoms with Crippen molar-refractivity contribution in [2.24, 2.45) is 0 Å². The number of carbonyl (C=O) groups excluding carboxylic acids is 1. The highest BCUT2D eigenvalue weighted by Gasteiger charge is 2.18. The van der Waals surface area contributed by atoms with Crippen LogP contribution in [0, 0.1) is 5.82 Å². The second-order valence-corrected chi connectivity index (χ2v) is 10.1. The highest BCUT2D eigenvalue weighted by atomic mass is 19.1. The van der Waals surface area contributed by atoms with Crippen LogP contribution in [-0.2, 0) is 11.8 Å². The highest BCUT2D eigenvalue weighted by molar-refractivity contribution is 5.95. The van der Waals surface area contributed by atoms with E-state index in [9.17, 15) is 14.0 Å². The third kappa shape index (κ3) is 5.93. The van der Waals surface area contributed by atoms with Gasteiger partial charge in [-0.15, -0.1) is 10.2 Å². The molecule has 0 aliphatic heterocycles. The van der Waals surface area contributed by atoms with E-state index in [0.717, 1.165) is 11.3 Å². The van der Waals surface area contributed by atoms with Gasteiger partial charge in [-0.25, -0.2) is 14.5 Å². The van der Waals surface area contributed by atoms with Crippen LogP contribution in [-0.4, -0.2) is 41.1 Å². The van der Waals surface area contributed by atoms with Gasteiger partial charge < -0.3 is 5.32 Å². The van der Waals surface area contributed by atoms with E-state index in [2.05, 4.69) is 40.7 Å². The van der Waals surface area contributed by atoms with Gasteiger partial charge in [-0.1, -0.05) is 20.8 Å². The van der Waals surface area contributed by atoms with Crippen LogP contribution in [0.1, 0.15) is 42.5 Å². The topological polar surface area (TPSA) is 139 Å². The van der Waals surface area contributed by atoms with Gasteiger partial charge >= 0.3 is 0 Å². The van der Waals surface area contributed by atoms with Crippen LogP contribution in [0.3, 0.4) is 0 Å². The lowest BCUT2D eigenvalue weighted by atomic mass is 9.92.